The SMILES string of the molecule is O=C1CCC(N2C(=O)c3cccc(-n4cc(C(O)c5ccc(Cl)cc5F)nn4)c3C2=O)C(=O)N1. The molecule has 2 aromatic carbocycles. The molecule has 3 aromatic rings. The third-order valence-electron chi connectivity index (χ3n) is 5.74. The second-order valence-electron chi connectivity index (χ2n) is 7.80. The standard InChI is InChI=1S/C22H15ClFN5O5/c23-10-4-5-11(13(24)8-10)19(31)14-9-28(27-26-14)15-3-1-2-12-18(15)22(34)29(21(12)33)16-6-7-17(30)25-20(16)32/h1-5,8-9,16,19,31H,6-7H2,(H,25,30,32). The molecule has 1 aromatic heterocycles. The molecule has 0 spiro atoms. The minimum atomic E-state index is -1.46. The summed E-state index contributed by atoms with van der Waals surface area (Å²) in [4.78, 5) is 50.8. The van der Waals surface area contributed by atoms with Crippen LogP contribution in [0, 0.1) is 5.82 Å². The molecule has 34 heavy (non-hydrogen) atoms. The third kappa shape index (κ3) is 3.45. The van der Waals surface area contributed by atoms with E-state index >= 15 is 0 Å². The molecular formula is C22H15ClFN5O5. The van der Waals surface area contributed by atoms with E-state index in [2.05, 4.69) is 15.6 Å². The molecule has 2 aliphatic rings. The number of halogens is 2. The molecule has 3 heterocycles. The van der Waals surface area contributed by atoms with Crippen molar-refractivity contribution >= 4 is 35.2 Å². The van der Waals surface area contributed by atoms with Crippen molar-refractivity contribution in [1.29, 1.82) is 0 Å². The van der Waals surface area contributed by atoms with Gasteiger partial charge in [-0.3, -0.25) is 29.4 Å². The third-order valence-corrected chi connectivity index (χ3v) is 5.98. The van der Waals surface area contributed by atoms with E-state index in [-0.39, 0.29) is 45.9 Å². The van der Waals surface area contributed by atoms with Gasteiger partial charge in [-0.25, -0.2) is 9.07 Å². The minimum Gasteiger partial charge on any atom is -0.382 e. The van der Waals surface area contributed by atoms with Gasteiger partial charge in [0, 0.05) is 17.0 Å². The minimum absolute atomic E-state index is 0.000753. The van der Waals surface area contributed by atoms with Gasteiger partial charge in [-0.05, 0) is 30.7 Å². The summed E-state index contributed by atoms with van der Waals surface area (Å²) in [6.45, 7) is 0. The maximum absolute atomic E-state index is 14.2. The van der Waals surface area contributed by atoms with Gasteiger partial charge in [-0.15, -0.1) is 5.10 Å². The molecule has 1 fully saturated rings. The first-order valence-electron chi connectivity index (χ1n) is 10.2. The number of aliphatic hydroxyl groups is 1. The highest BCUT2D eigenvalue weighted by Gasteiger charge is 2.46. The number of hydrogen-bond acceptors (Lipinski definition) is 7. The van der Waals surface area contributed by atoms with E-state index in [1.807, 2.05) is 0 Å². The van der Waals surface area contributed by atoms with Crippen LogP contribution in [0.1, 0.15) is 50.9 Å². The number of fused-ring (bicyclic) bond motifs is 1. The van der Waals surface area contributed by atoms with Gasteiger partial charge in [0.15, 0.2) is 0 Å². The van der Waals surface area contributed by atoms with Crippen LogP contribution >= 0.6 is 11.6 Å². The van der Waals surface area contributed by atoms with Gasteiger partial charge in [-0.2, -0.15) is 0 Å². The van der Waals surface area contributed by atoms with Crippen molar-refractivity contribution < 1.29 is 28.7 Å². The summed E-state index contributed by atoms with van der Waals surface area (Å²) < 4.78 is 15.4. The molecule has 2 N–H and O–H groups in total. The molecule has 1 saturated heterocycles. The Bertz CT molecular complexity index is 1390. The Hall–Kier alpha value is -3.96. The Labute approximate surface area is 195 Å². The van der Waals surface area contributed by atoms with Crippen molar-refractivity contribution in [2.24, 2.45) is 0 Å². The Morgan fingerprint density at radius 3 is 2.68 bits per heavy atom. The summed E-state index contributed by atoms with van der Waals surface area (Å²) >= 11 is 5.76. The molecule has 0 saturated carbocycles. The normalized spacial score (nSPS) is 18.8. The Balaban J connectivity index is 1.49. The molecule has 2 atom stereocenters. The van der Waals surface area contributed by atoms with Gasteiger partial charge in [0.1, 0.15) is 23.7 Å². The summed E-state index contributed by atoms with van der Waals surface area (Å²) in [6, 6.07) is 7.19. The molecule has 0 bridgehead atoms. The molecule has 0 radical (unpaired) electrons. The van der Waals surface area contributed by atoms with Crippen LogP contribution in [-0.4, -0.2) is 54.7 Å². The van der Waals surface area contributed by atoms with Crippen LogP contribution in [0.15, 0.2) is 42.6 Å². The number of hydrogen-bond donors (Lipinski definition) is 2. The zero-order valence-corrected chi connectivity index (χ0v) is 18.0. The van der Waals surface area contributed by atoms with Crippen molar-refractivity contribution in [3.63, 3.8) is 0 Å². The lowest BCUT2D eigenvalue weighted by Crippen LogP contribution is -2.54. The lowest BCUT2D eigenvalue weighted by Gasteiger charge is -2.27. The molecule has 172 valence electrons. The van der Waals surface area contributed by atoms with Gasteiger partial charge in [0.05, 0.1) is 23.0 Å². The number of aromatic nitrogens is 3. The molecule has 4 amide bonds. The van der Waals surface area contributed by atoms with Crippen LogP contribution < -0.4 is 5.32 Å². The van der Waals surface area contributed by atoms with Crippen LogP contribution in [0.4, 0.5) is 4.39 Å². The Morgan fingerprint density at radius 1 is 1.15 bits per heavy atom. The molecule has 2 aliphatic heterocycles. The highest BCUT2D eigenvalue weighted by atomic mass is 35.5. The van der Waals surface area contributed by atoms with E-state index in [4.69, 9.17) is 11.6 Å². The smallest absolute Gasteiger partial charge is 0.264 e. The predicted molar refractivity (Wildman–Crippen MR) is 114 cm³/mol. The summed E-state index contributed by atoms with van der Waals surface area (Å²) in [5.41, 5.74) is 0.185. The first-order chi connectivity index (χ1) is 16.3. The van der Waals surface area contributed by atoms with Crippen LogP contribution in [0.3, 0.4) is 0 Å². The lowest BCUT2D eigenvalue weighted by atomic mass is 10.0. The fourth-order valence-electron chi connectivity index (χ4n) is 4.09. The second-order valence-corrected chi connectivity index (χ2v) is 8.24. The van der Waals surface area contributed by atoms with Crippen molar-refractivity contribution in [3.8, 4) is 5.69 Å². The van der Waals surface area contributed by atoms with Gasteiger partial charge < -0.3 is 5.11 Å². The number of nitrogens with zero attached hydrogens (tertiary/aromatic N) is 4. The van der Waals surface area contributed by atoms with Gasteiger partial charge >= 0.3 is 0 Å². The average Bonchev–Trinajstić information content (AvgIpc) is 3.38. The van der Waals surface area contributed by atoms with E-state index in [0.29, 0.717) is 0 Å². The van der Waals surface area contributed by atoms with Crippen LogP contribution in [0.2, 0.25) is 5.02 Å². The first-order valence-corrected chi connectivity index (χ1v) is 10.5. The number of nitrogens with one attached hydrogen (secondary N) is 1. The quantitative estimate of drug-likeness (QED) is 0.537. The number of carbonyl (C=O) groups excluding carboxylic acids is 4. The number of piperidine rings is 1. The van der Waals surface area contributed by atoms with E-state index < -0.39 is 41.6 Å². The number of benzene rings is 2. The molecule has 2 unspecified atom stereocenters. The van der Waals surface area contributed by atoms with Crippen molar-refractivity contribution in [3.05, 3.63) is 75.8 Å². The van der Waals surface area contributed by atoms with Gasteiger partial charge in [0.25, 0.3) is 11.8 Å². The second kappa shape index (κ2) is 8.12. The van der Waals surface area contributed by atoms with E-state index in [9.17, 15) is 28.7 Å². The zero-order chi connectivity index (χ0) is 24.1. The van der Waals surface area contributed by atoms with E-state index in [1.54, 1.807) is 0 Å². The molecule has 10 nitrogen and oxygen atoms in total. The van der Waals surface area contributed by atoms with Crippen molar-refractivity contribution in [2.75, 3.05) is 0 Å². The lowest BCUT2D eigenvalue weighted by molar-refractivity contribution is -0.136. The fraction of sp³-hybridized carbons (Fsp3) is 0.182. The Kier molecular flexibility index (Phi) is 5.22. The molecule has 0 aliphatic carbocycles. The predicted octanol–water partition coefficient (Wildman–Crippen LogP) is 1.54. The van der Waals surface area contributed by atoms with Crippen LogP contribution in [0.5, 0.6) is 0 Å². The number of amides is 4. The molecule has 5 rings (SSSR count). The monoisotopic (exact) mass is 483 g/mol. The van der Waals surface area contributed by atoms with Crippen molar-refractivity contribution in [2.45, 2.75) is 25.0 Å². The van der Waals surface area contributed by atoms with Crippen LogP contribution in [0.25, 0.3) is 5.69 Å². The van der Waals surface area contributed by atoms with E-state index in [0.717, 1.165) is 11.0 Å². The Morgan fingerprint density at radius 2 is 1.94 bits per heavy atom. The van der Waals surface area contributed by atoms with Gasteiger partial charge in [0.2, 0.25) is 11.8 Å². The summed E-state index contributed by atoms with van der Waals surface area (Å²) in [5.74, 6) is -3.30. The number of aliphatic hydroxyl groups excluding tert-OH is 1. The van der Waals surface area contributed by atoms with Crippen LogP contribution in [-0.2, 0) is 9.59 Å². The maximum Gasteiger partial charge on any atom is 0.264 e. The summed E-state index contributed by atoms with van der Waals surface area (Å²) in [7, 11) is 0. The number of rotatable bonds is 4. The summed E-state index contributed by atoms with van der Waals surface area (Å²) in [5, 5.41) is 20.7. The highest BCUT2D eigenvalue weighted by molar-refractivity contribution is 6.30. The average molecular weight is 484 g/mol. The zero-order valence-electron chi connectivity index (χ0n) is 17.2. The highest BCUT2D eigenvalue weighted by Crippen LogP contribution is 2.32. The molecular weight excluding hydrogens is 469 g/mol. The maximum atomic E-state index is 14.2. The topological polar surface area (TPSA) is 134 Å². The van der Waals surface area contributed by atoms with Crippen molar-refractivity contribution in [1.82, 2.24) is 25.2 Å². The largest absolute Gasteiger partial charge is 0.382 e. The number of imide groups is 2. The van der Waals surface area contributed by atoms with Gasteiger partial charge in [-0.1, -0.05) is 28.9 Å². The summed E-state index contributed by atoms with van der Waals surface area (Å²) in [6.07, 6.45) is -0.124. The number of carbonyl (C=O) groups is 4. The fourth-order valence-corrected chi connectivity index (χ4v) is 4.25. The first kappa shape index (κ1) is 21.9. The molecule has 12 heteroatoms. The van der Waals surface area contributed by atoms with E-state index in [1.165, 1.54) is 41.2 Å².